The van der Waals surface area contributed by atoms with Crippen LogP contribution in [-0.2, 0) is 0 Å². The van der Waals surface area contributed by atoms with Crippen LogP contribution in [0.15, 0.2) is 36.5 Å². The molecular formula is C17H19N7S. The van der Waals surface area contributed by atoms with Gasteiger partial charge < -0.3 is 21.7 Å². The number of nitrogens with two attached hydrogens (primary N) is 1. The minimum absolute atomic E-state index is 0.520. The van der Waals surface area contributed by atoms with E-state index in [0.29, 0.717) is 27.9 Å². The summed E-state index contributed by atoms with van der Waals surface area (Å²) in [7, 11) is 0. The quantitative estimate of drug-likeness (QED) is 0.419. The standard InChI is InChI=1S/C17H19N7S/c1-3-19-17(25)24-14-7-6-13-16(22-14)23-15(9-20-13)21-11-5-4-10(2)12(18)8-11/h4-9H,3,18H2,1-2H3,(H3,19,21,22,23,24,25). The monoisotopic (exact) mass is 353 g/mol. The van der Waals surface area contributed by atoms with Gasteiger partial charge in [-0.15, -0.1) is 0 Å². The lowest BCUT2D eigenvalue weighted by Gasteiger charge is -2.10. The lowest BCUT2D eigenvalue weighted by atomic mass is 10.2. The van der Waals surface area contributed by atoms with Gasteiger partial charge in [0.15, 0.2) is 16.6 Å². The van der Waals surface area contributed by atoms with E-state index in [9.17, 15) is 0 Å². The van der Waals surface area contributed by atoms with Crippen LogP contribution in [0.3, 0.4) is 0 Å². The molecule has 128 valence electrons. The number of thiocarbonyl (C=S) groups is 1. The second-order valence-corrected chi connectivity index (χ2v) is 5.88. The van der Waals surface area contributed by atoms with Crippen molar-refractivity contribution in [1.29, 1.82) is 0 Å². The predicted molar refractivity (Wildman–Crippen MR) is 106 cm³/mol. The van der Waals surface area contributed by atoms with E-state index in [0.717, 1.165) is 23.5 Å². The molecule has 0 aliphatic carbocycles. The highest BCUT2D eigenvalue weighted by Gasteiger charge is 2.05. The highest BCUT2D eigenvalue weighted by Crippen LogP contribution is 2.21. The Morgan fingerprint density at radius 2 is 1.96 bits per heavy atom. The van der Waals surface area contributed by atoms with Crippen LogP contribution in [0.4, 0.5) is 23.0 Å². The smallest absolute Gasteiger partial charge is 0.182 e. The first-order valence-electron chi connectivity index (χ1n) is 7.87. The number of nitrogens with zero attached hydrogens (tertiary/aromatic N) is 3. The highest BCUT2D eigenvalue weighted by atomic mass is 32.1. The Labute approximate surface area is 151 Å². The largest absolute Gasteiger partial charge is 0.398 e. The molecule has 0 saturated heterocycles. The van der Waals surface area contributed by atoms with Crippen molar-refractivity contribution >= 4 is 51.5 Å². The van der Waals surface area contributed by atoms with Gasteiger partial charge in [0.1, 0.15) is 11.3 Å². The fraction of sp³-hybridized carbons (Fsp3) is 0.176. The third kappa shape index (κ3) is 4.10. The van der Waals surface area contributed by atoms with E-state index < -0.39 is 0 Å². The number of hydrogen-bond acceptors (Lipinski definition) is 6. The molecule has 5 N–H and O–H groups in total. The summed E-state index contributed by atoms with van der Waals surface area (Å²) < 4.78 is 0. The molecular weight excluding hydrogens is 334 g/mol. The summed E-state index contributed by atoms with van der Waals surface area (Å²) in [6, 6.07) is 9.42. The van der Waals surface area contributed by atoms with Gasteiger partial charge in [-0.1, -0.05) is 6.07 Å². The number of aromatic nitrogens is 3. The molecule has 1 aromatic carbocycles. The summed E-state index contributed by atoms with van der Waals surface area (Å²) in [5.74, 6) is 1.21. The Morgan fingerprint density at radius 3 is 2.72 bits per heavy atom. The van der Waals surface area contributed by atoms with E-state index in [2.05, 4.69) is 30.9 Å². The van der Waals surface area contributed by atoms with Gasteiger partial charge in [-0.2, -0.15) is 0 Å². The second kappa shape index (κ2) is 7.27. The van der Waals surface area contributed by atoms with E-state index >= 15 is 0 Å². The summed E-state index contributed by atoms with van der Waals surface area (Å²) in [4.78, 5) is 13.3. The first kappa shape index (κ1) is 16.8. The number of fused-ring (bicyclic) bond motifs is 1. The van der Waals surface area contributed by atoms with Crippen LogP contribution in [0.25, 0.3) is 11.2 Å². The van der Waals surface area contributed by atoms with Crippen molar-refractivity contribution in [3.63, 3.8) is 0 Å². The molecule has 0 aliphatic rings. The Hall–Kier alpha value is -3.00. The molecule has 0 bridgehead atoms. The molecule has 8 heteroatoms. The molecule has 0 amide bonds. The molecule has 25 heavy (non-hydrogen) atoms. The van der Waals surface area contributed by atoms with Crippen LogP contribution in [0, 0.1) is 6.92 Å². The van der Waals surface area contributed by atoms with Crippen molar-refractivity contribution in [2.45, 2.75) is 13.8 Å². The van der Waals surface area contributed by atoms with E-state index in [1.165, 1.54) is 0 Å². The summed E-state index contributed by atoms with van der Waals surface area (Å²) in [5.41, 5.74) is 9.77. The molecule has 0 atom stereocenters. The van der Waals surface area contributed by atoms with Gasteiger partial charge in [0.05, 0.1) is 6.20 Å². The average Bonchev–Trinajstić information content (AvgIpc) is 2.58. The Balaban J connectivity index is 1.84. The van der Waals surface area contributed by atoms with Gasteiger partial charge >= 0.3 is 0 Å². The van der Waals surface area contributed by atoms with Crippen molar-refractivity contribution in [3.8, 4) is 0 Å². The number of nitrogens with one attached hydrogen (secondary N) is 3. The number of benzene rings is 1. The van der Waals surface area contributed by atoms with Crippen LogP contribution in [0.2, 0.25) is 0 Å². The first-order chi connectivity index (χ1) is 12.0. The number of hydrogen-bond donors (Lipinski definition) is 4. The van der Waals surface area contributed by atoms with E-state index in [1.54, 1.807) is 6.20 Å². The van der Waals surface area contributed by atoms with Gasteiger partial charge in [0.2, 0.25) is 0 Å². The first-order valence-corrected chi connectivity index (χ1v) is 8.28. The number of pyridine rings is 1. The second-order valence-electron chi connectivity index (χ2n) is 5.48. The van der Waals surface area contributed by atoms with E-state index in [-0.39, 0.29) is 0 Å². The molecule has 0 radical (unpaired) electrons. The Morgan fingerprint density at radius 1 is 1.16 bits per heavy atom. The fourth-order valence-corrected chi connectivity index (χ4v) is 2.46. The molecule has 7 nitrogen and oxygen atoms in total. The van der Waals surface area contributed by atoms with Crippen LogP contribution < -0.4 is 21.7 Å². The number of anilines is 4. The average molecular weight is 353 g/mol. The van der Waals surface area contributed by atoms with Gasteiger partial charge in [0, 0.05) is 17.9 Å². The zero-order chi connectivity index (χ0) is 17.8. The highest BCUT2D eigenvalue weighted by molar-refractivity contribution is 7.80. The van der Waals surface area contributed by atoms with Gasteiger partial charge in [-0.25, -0.2) is 15.0 Å². The van der Waals surface area contributed by atoms with Gasteiger partial charge in [-0.05, 0) is 55.9 Å². The molecule has 2 heterocycles. The SMILES string of the molecule is CCNC(=S)Nc1ccc2ncc(Nc3ccc(C)c(N)c3)nc2n1. The zero-order valence-electron chi connectivity index (χ0n) is 14.0. The van der Waals surface area contributed by atoms with Crippen LogP contribution in [-0.4, -0.2) is 26.6 Å². The predicted octanol–water partition coefficient (Wildman–Crippen LogP) is 2.97. The molecule has 2 aromatic heterocycles. The normalized spacial score (nSPS) is 10.5. The topological polar surface area (TPSA) is 101 Å². The number of aryl methyl sites for hydroxylation is 1. The molecule has 3 rings (SSSR count). The lowest BCUT2D eigenvalue weighted by molar-refractivity contribution is 0.978. The fourth-order valence-electron chi connectivity index (χ4n) is 2.21. The maximum atomic E-state index is 5.94. The van der Waals surface area contributed by atoms with Crippen molar-refractivity contribution in [2.75, 3.05) is 22.9 Å². The zero-order valence-corrected chi connectivity index (χ0v) is 14.8. The van der Waals surface area contributed by atoms with E-state index in [4.69, 9.17) is 18.0 Å². The third-order valence-corrected chi connectivity index (χ3v) is 3.78. The molecule has 3 aromatic rings. The van der Waals surface area contributed by atoms with Crippen LogP contribution in [0.1, 0.15) is 12.5 Å². The minimum atomic E-state index is 0.520. The van der Waals surface area contributed by atoms with Crippen LogP contribution >= 0.6 is 12.2 Å². The molecule has 0 spiro atoms. The lowest BCUT2D eigenvalue weighted by Crippen LogP contribution is -2.28. The van der Waals surface area contributed by atoms with Crippen molar-refractivity contribution in [3.05, 3.63) is 42.1 Å². The summed E-state index contributed by atoms with van der Waals surface area (Å²) in [5, 5.41) is 9.75. The number of nitrogen functional groups attached to an aromatic ring is 1. The maximum absolute atomic E-state index is 5.94. The Bertz CT molecular complexity index is 926. The minimum Gasteiger partial charge on any atom is -0.398 e. The molecule has 0 unspecified atom stereocenters. The molecule has 0 aliphatic heterocycles. The summed E-state index contributed by atoms with van der Waals surface area (Å²) in [6.07, 6.45) is 1.66. The summed E-state index contributed by atoms with van der Waals surface area (Å²) in [6.45, 7) is 4.68. The maximum Gasteiger partial charge on any atom is 0.182 e. The van der Waals surface area contributed by atoms with Crippen molar-refractivity contribution < 1.29 is 0 Å². The number of rotatable bonds is 4. The van der Waals surface area contributed by atoms with Gasteiger partial charge in [-0.3, -0.25) is 0 Å². The molecule has 0 fully saturated rings. The van der Waals surface area contributed by atoms with Crippen molar-refractivity contribution in [2.24, 2.45) is 0 Å². The third-order valence-electron chi connectivity index (χ3n) is 3.54. The Kier molecular flexibility index (Phi) is 4.90. The van der Waals surface area contributed by atoms with Gasteiger partial charge in [0.25, 0.3) is 0 Å². The van der Waals surface area contributed by atoms with Crippen molar-refractivity contribution in [1.82, 2.24) is 20.3 Å². The summed E-state index contributed by atoms with van der Waals surface area (Å²) >= 11 is 5.17. The molecule has 0 saturated carbocycles. The van der Waals surface area contributed by atoms with Crippen LogP contribution in [0.5, 0.6) is 0 Å². The van der Waals surface area contributed by atoms with E-state index in [1.807, 2.05) is 44.2 Å².